The SMILES string of the molecule is O=C(c1ccc(-c2ccc3nccc(Nc4ccc5scnc5c4)c3c2)c(F)c1)N1CCC1. The third kappa shape index (κ3) is 3.60. The van der Waals surface area contributed by atoms with Crippen LogP contribution in [0.4, 0.5) is 15.8 Å². The summed E-state index contributed by atoms with van der Waals surface area (Å²) in [5, 5.41) is 4.34. The number of pyridine rings is 1. The lowest BCUT2D eigenvalue weighted by Crippen LogP contribution is -2.42. The summed E-state index contributed by atoms with van der Waals surface area (Å²) in [6.07, 6.45) is 2.76. The molecule has 0 atom stereocenters. The molecule has 1 aliphatic rings. The Morgan fingerprint density at radius 1 is 0.970 bits per heavy atom. The van der Waals surface area contributed by atoms with Gasteiger partial charge in [-0.25, -0.2) is 9.37 Å². The van der Waals surface area contributed by atoms with Gasteiger partial charge < -0.3 is 10.2 Å². The normalized spacial score (nSPS) is 13.3. The maximum absolute atomic E-state index is 15.0. The number of anilines is 2. The second kappa shape index (κ2) is 7.94. The van der Waals surface area contributed by atoms with Gasteiger partial charge in [0.05, 0.1) is 21.2 Å². The largest absolute Gasteiger partial charge is 0.355 e. The minimum atomic E-state index is -0.409. The summed E-state index contributed by atoms with van der Waals surface area (Å²) in [4.78, 5) is 23.0. The fourth-order valence-electron chi connectivity index (χ4n) is 4.10. The minimum Gasteiger partial charge on any atom is -0.355 e. The van der Waals surface area contributed by atoms with Crippen LogP contribution in [0.5, 0.6) is 0 Å². The number of fused-ring (bicyclic) bond motifs is 2. The van der Waals surface area contributed by atoms with Crippen molar-refractivity contribution in [1.29, 1.82) is 0 Å². The second-order valence-corrected chi connectivity index (χ2v) is 8.98. The molecule has 0 unspecified atom stereocenters. The topological polar surface area (TPSA) is 58.1 Å². The van der Waals surface area contributed by atoms with Crippen LogP contribution in [-0.2, 0) is 0 Å². The van der Waals surface area contributed by atoms with Crippen molar-refractivity contribution < 1.29 is 9.18 Å². The molecule has 2 aromatic heterocycles. The molecule has 33 heavy (non-hydrogen) atoms. The number of likely N-dealkylation sites (tertiary alicyclic amines) is 1. The number of nitrogens with one attached hydrogen (secondary N) is 1. The predicted octanol–water partition coefficient (Wildman–Crippen LogP) is 6.24. The van der Waals surface area contributed by atoms with Crippen molar-refractivity contribution >= 4 is 49.7 Å². The quantitative estimate of drug-likeness (QED) is 0.349. The molecule has 5 aromatic rings. The monoisotopic (exact) mass is 454 g/mol. The van der Waals surface area contributed by atoms with Crippen LogP contribution in [0.25, 0.3) is 32.2 Å². The Morgan fingerprint density at radius 3 is 2.70 bits per heavy atom. The average molecular weight is 455 g/mol. The van der Waals surface area contributed by atoms with E-state index in [2.05, 4.69) is 15.3 Å². The number of nitrogens with zero attached hydrogens (tertiary/aromatic N) is 3. The van der Waals surface area contributed by atoms with Crippen molar-refractivity contribution in [1.82, 2.24) is 14.9 Å². The molecule has 0 spiro atoms. The molecule has 1 amide bonds. The molecule has 1 aliphatic heterocycles. The average Bonchev–Trinajstić information content (AvgIpc) is 3.26. The summed E-state index contributed by atoms with van der Waals surface area (Å²) >= 11 is 1.61. The van der Waals surface area contributed by atoms with Gasteiger partial charge in [0.2, 0.25) is 0 Å². The Kier molecular flexibility index (Phi) is 4.77. The molecular weight excluding hydrogens is 435 g/mol. The number of carbonyl (C=O) groups excluding carboxylic acids is 1. The first-order valence-electron chi connectivity index (χ1n) is 10.7. The van der Waals surface area contributed by atoms with Gasteiger partial charge in [-0.2, -0.15) is 0 Å². The number of aromatic nitrogens is 2. The smallest absolute Gasteiger partial charge is 0.253 e. The molecule has 0 saturated carbocycles. The Hall–Kier alpha value is -3.84. The molecule has 1 saturated heterocycles. The van der Waals surface area contributed by atoms with Crippen LogP contribution in [0.2, 0.25) is 0 Å². The van der Waals surface area contributed by atoms with Crippen LogP contribution in [0, 0.1) is 5.82 Å². The van der Waals surface area contributed by atoms with Crippen molar-refractivity contribution in [3.8, 4) is 11.1 Å². The number of hydrogen-bond acceptors (Lipinski definition) is 5. The zero-order valence-corrected chi connectivity index (χ0v) is 18.4. The van der Waals surface area contributed by atoms with Gasteiger partial charge >= 0.3 is 0 Å². The number of halogens is 1. The summed E-state index contributed by atoms with van der Waals surface area (Å²) in [6, 6.07) is 18.4. The lowest BCUT2D eigenvalue weighted by Gasteiger charge is -2.30. The van der Waals surface area contributed by atoms with E-state index in [1.165, 1.54) is 6.07 Å². The van der Waals surface area contributed by atoms with Crippen LogP contribution < -0.4 is 5.32 Å². The molecule has 5 nitrogen and oxygen atoms in total. The minimum absolute atomic E-state index is 0.113. The fourth-order valence-corrected chi connectivity index (χ4v) is 4.76. The fraction of sp³-hybridized carbons (Fsp3) is 0.115. The number of amides is 1. The lowest BCUT2D eigenvalue weighted by atomic mass is 10.00. The van der Waals surface area contributed by atoms with Crippen molar-refractivity contribution in [2.24, 2.45) is 0 Å². The summed E-state index contributed by atoms with van der Waals surface area (Å²) in [7, 11) is 0. The van der Waals surface area contributed by atoms with Crippen molar-refractivity contribution in [2.45, 2.75) is 6.42 Å². The van der Waals surface area contributed by atoms with Crippen molar-refractivity contribution in [3.05, 3.63) is 83.8 Å². The lowest BCUT2D eigenvalue weighted by molar-refractivity contribution is 0.0651. The summed E-state index contributed by atoms with van der Waals surface area (Å²) < 4.78 is 16.2. The standard InChI is InChI=1S/C26H19FN4OS/c27-21-13-17(26(32)31-10-1-11-31)2-5-19(21)16-3-6-22-20(12-16)23(8-9-28-22)30-18-4-7-25-24(14-18)29-15-33-25/h2-9,12-15H,1,10-11H2,(H,28,30). The van der Waals surface area contributed by atoms with Crippen LogP contribution in [0.15, 0.2) is 72.4 Å². The molecule has 1 fully saturated rings. The summed E-state index contributed by atoms with van der Waals surface area (Å²) in [6.45, 7) is 1.48. The number of rotatable bonds is 4. The highest BCUT2D eigenvalue weighted by Gasteiger charge is 2.22. The van der Waals surface area contributed by atoms with Crippen LogP contribution >= 0.6 is 11.3 Å². The van der Waals surface area contributed by atoms with Gasteiger partial charge in [-0.1, -0.05) is 12.1 Å². The second-order valence-electron chi connectivity index (χ2n) is 8.09. The molecule has 162 valence electrons. The van der Waals surface area contributed by atoms with E-state index in [-0.39, 0.29) is 5.91 Å². The highest BCUT2D eigenvalue weighted by atomic mass is 32.1. The van der Waals surface area contributed by atoms with Crippen LogP contribution in [-0.4, -0.2) is 33.9 Å². The highest BCUT2D eigenvalue weighted by Crippen LogP contribution is 2.32. The van der Waals surface area contributed by atoms with Gasteiger partial charge in [0, 0.05) is 47.2 Å². The molecule has 7 heteroatoms. The summed E-state index contributed by atoms with van der Waals surface area (Å²) in [5.41, 5.74) is 6.96. The van der Waals surface area contributed by atoms with Crippen LogP contribution in [0.3, 0.4) is 0 Å². The van der Waals surface area contributed by atoms with E-state index in [0.717, 1.165) is 57.6 Å². The van der Waals surface area contributed by atoms with E-state index in [1.807, 2.05) is 48.0 Å². The van der Waals surface area contributed by atoms with E-state index in [0.29, 0.717) is 11.1 Å². The van der Waals surface area contributed by atoms with Gasteiger partial charge in [-0.3, -0.25) is 9.78 Å². The van der Waals surface area contributed by atoms with E-state index < -0.39 is 5.82 Å². The predicted molar refractivity (Wildman–Crippen MR) is 131 cm³/mol. The summed E-state index contributed by atoms with van der Waals surface area (Å²) in [5.74, 6) is -0.522. The van der Waals surface area contributed by atoms with E-state index in [4.69, 9.17) is 0 Å². The van der Waals surface area contributed by atoms with Crippen molar-refractivity contribution in [2.75, 3.05) is 18.4 Å². The molecule has 3 aromatic carbocycles. The first-order valence-corrected chi connectivity index (χ1v) is 11.6. The third-order valence-electron chi connectivity index (χ3n) is 6.02. The first-order chi connectivity index (χ1) is 16.2. The van der Waals surface area contributed by atoms with Crippen LogP contribution in [0.1, 0.15) is 16.8 Å². The molecule has 1 N–H and O–H groups in total. The Bertz CT molecular complexity index is 1530. The molecule has 6 rings (SSSR count). The van der Waals surface area contributed by atoms with Gasteiger partial charge in [0.1, 0.15) is 5.82 Å². The number of benzene rings is 3. The highest BCUT2D eigenvalue weighted by molar-refractivity contribution is 7.16. The third-order valence-corrected chi connectivity index (χ3v) is 6.83. The van der Waals surface area contributed by atoms with Gasteiger partial charge in [0.15, 0.2) is 0 Å². The maximum atomic E-state index is 15.0. The Labute approximate surface area is 193 Å². The Morgan fingerprint density at radius 2 is 1.88 bits per heavy atom. The molecule has 0 aliphatic carbocycles. The Balaban J connectivity index is 1.36. The van der Waals surface area contributed by atoms with E-state index in [9.17, 15) is 4.79 Å². The zero-order valence-electron chi connectivity index (χ0n) is 17.6. The molecular formula is C26H19FN4OS. The van der Waals surface area contributed by atoms with E-state index in [1.54, 1.807) is 34.6 Å². The number of hydrogen-bond donors (Lipinski definition) is 1. The maximum Gasteiger partial charge on any atom is 0.253 e. The number of thiazole rings is 1. The first kappa shape index (κ1) is 19.8. The van der Waals surface area contributed by atoms with Gasteiger partial charge in [-0.15, -0.1) is 11.3 Å². The van der Waals surface area contributed by atoms with E-state index >= 15 is 4.39 Å². The molecule has 0 radical (unpaired) electrons. The zero-order chi connectivity index (χ0) is 22.4. The molecule has 3 heterocycles. The van der Waals surface area contributed by atoms with Gasteiger partial charge in [0.25, 0.3) is 5.91 Å². The molecule has 0 bridgehead atoms. The van der Waals surface area contributed by atoms with Gasteiger partial charge in [-0.05, 0) is 60.5 Å². The number of carbonyl (C=O) groups is 1. The van der Waals surface area contributed by atoms with Crippen molar-refractivity contribution in [3.63, 3.8) is 0 Å².